The van der Waals surface area contributed by atoms with Crippen molar-refractivity contribution >= 4 is 0 Å². The molecule has 0 saturated carbocycles. The minimum absolute atomic E-state index is 0. The van der Waals surface area contributed by atoms with Gasteiger partial charge < -0.3 is 5.32 Å². The van der Waals surface area contributed by atoms with Gasteiger partial charge in [0, 0.05) is 7.97 Å². The summed E-state index contributed by atoms with van der Waals surface area (Å²) in [7, 11) is 0. The minimum Gasteiger partial charge on any atom is -0.316 e. The zero-order valence-electron chi connectivity index (χ0n) is 7.69. The van der Waals surface area contributed by atoms with Crippen molar-refractivity contribution in [2.24, 2.45) is 5.92 Å². The molecule has 1 atom stereocenters. The molecule has 1 nitrogen and oxygen atoms in total. The lowest BCUT2D eigenvalue weighted by Crippen LogP contribution is -2.31. The van der Waals surface area contributed by atoms with Crippen LogP contribution < -0.4 is 5.32 Å². The summed E-state index contributed by atoms with van der Waals surface area (Å²) in [5.74, 6) is 0.823. The molecule has 1 aliphatic heterocycles. The average Bonchev–Trinajstić information content (AvgIpc) is 2.06. The number of hydrogen-bond donors (Lipinski definition) is 1. The highest BCUT2D eigenvalue weighted by Crippen LogP contribution is 2.21. The quantitative estimate of drug-likeness (QED) is 0.604. The molecule has 0 aromatic carbocycles. The Morgan fingerprint density at radius 2 is 2.45 bits per heavy atom. The van der Waals surface area contributed by atoms with Crippen LogP contribution in [0.5, 0.6) is 0 Å². The van der Waals surface area contributed by atoms with Crippen molar-refractivity contribution in [1.29, 1.82) is 0 Å². The summed E-state index contributed by atoms with van der Waals surface area (Å²) in [6, 6.07) is 0. The Morgan fingerprint density at radius 1 is 1.64 bits per heavy atom. The predicted octanol–water partition coefficient (Wildman–Crippen LogP) is 2.59. The number of allylic oxidation sites excluding steroid dienone is 1. The molecule has 0 aromatic heterocycles. The van der Waals surface area contributed by atoms with Crippen LogP contribution in [0.4, 0.5) is 0 Å². The first-order valence-electron chi connectivity index (χ1n) is 4.78. The van der Waals surface area contributed by atoms with Gasteiger partial charge in [-0.25, -0.2) is 0 Å². The van der Waals surface area contributed by atoms with Gasteiger partial charge >= 0.3 is 0 Å². The van der Waals surface area contributed by atoms with Gasteiger partial charge in [0.25, 0.3) is 0 Å². The standard InChI is InChI=1S/C10H19N.H2/c1-3-5-10-6-7-11-8-9(10)4-2;/h5,9,11H,3-4,6-8H2,1-2H3;1H/b10-5-;. The third-order valence-corrected chi connectivity index (χ3v) is 2.46. The van der Waals surface area contributed by atoms with E-state index in [9.17, 15) is 0 Å². The van der Waals surface area contributed by atoms with Crippen LogP contribution in [0.15, 0.2) is 11.6 Å². The van der Waals surface area contributed by atoms with Gasteiger partial charge in [0.15, 0.2) is 0 Å². The Kier molecular flexibility index (Phi) is 3.64. The van der Waals surface area contributed by atoms with Crippen molar-refractivity contribution in [3.05, 3.63) is 11.6 Å². The summed E-state index contributed by atoms with van der Waals surface area (Å²) in [4.78, 5) is 0. The maximum absolute atomic E-state index is 3.43. The molecule has 1 saturated heterocycles. The largest absolute Gasteiger partial charge is 0.316 e. The lowest BCUT2D eigenvalue weighted by molar-refractivity contribution is 0.459. The molecule has 1 fully saturated rings. The van der Waals surface area contributed by atoms with Crippen molar-refractivity contribution in [2.45, 2.75) is 33.1 Å². The molecule has 1 aliphatic rings. The SMILES string of the molecule is CC/C=C1/CCNCC1CC.[HH]. The van der Waals surface area contributed by atoms with E-state index in [0.29, 0.717) is 0 Å². The summed E-state index contributed by atoms with van der Waals surface area (Å²) in [5.41, 5.74) is 1.69. The van der Waals surface area contributed by atoms with Crippen molar-refractivity contribution in [2.75, 3.05) is 13.1 Å². The van der Waals surface area contributed by atoms with Crippen LogP contribution in [0, 0.1) is 5.92 Å². The Morgan fingerprint density at radius 3 is 3.09 bits per heavy atom. The normalized spacial score (nSPS) is 29.3. The minimum atomic E-state index is 0. The molecule has 0 spiro atoms. The maximum atomic E-state index is 3.43. The van der Waals surface area contributed by atoms with Crippen LogP contribution in [0.3, 0.4) is 0 Å². The Balaban J connectivity index is 0.00000121. The van der Waals surface area contributed by atoms with Gasteiger partial charge in [-0.3, -0.25) is 0 Å². The summed E-state index contributed by atoms with van der Waals surface area (Å²) >= 11 is 0. The molecule has 1 heteroatoms. The molecule has 0 amide bonds. The highest BCUT2D eigenvalue weighted by molar-refractivity contribution is 5.09. The van der Waals surface area contributed by atoms with E-state index in [0.717, 1.165) is 5.92 Å². The van der Waals surface area contributed by atoms with E-state index in [1.165, 1.54) is 32.4 Å². The molecule has 1 rings (SSSR count). The maximum Gasteiger partial charge on any atom is 0.00169 e. The van der Waals surface area contributed by atoms with Crippen LogP contribution in [-0.2, 0) is 0 Å². The Bertz CT molecular complexity index is 143. The number of hydrogen-bond acceptors (Lipinski definition) is 1. The van der Waals surface area contributed by atoms with E-state index in [2.05, 4.69) is 25.2 Å². The summed E-state index contributed by atoms with van der Waals surface area (Å²) < 4.78 is 0. The van der Waals surface area contributed by atoms with Crippen molar-refractivity contribution in [3.63, 3.8) is 0 Å². The second-order valence-corrected chi connectivity index (χ2v) is 3.25. The third kappa shape index (κ3) is 2.33. The number of nitrogens with one attached hydrogen (secondary N) is 1. The van der Waals surface area contributed by atoms with Gasteiger partial charge in [0.2, 0.25) is 0 Å². The number of piperidine rings is 1. The monoisotopic (exact) mass is 155 g/mol. The van der Waals surface area contributed by atoms with E-state index in [1.807, 2.05) is 0 Å². The van der Waals surface area contributed by atoms with E-state index >= 15 is 0 Å². The second-order valence-electron chi connectivity index (χ2n) is 3.25. The molecule has 11 heavy (non-hydrogen) atoms. The lowest BCUT2D eigenvalue weighted by atomic mass is 9.90. The Hall–Kier alpha value is -0.300. The molecule has 0 bridgehead atoms. The molecular formula is C10H21N. The fourth-order valence-corrected chi connectivity index (χ4v) is 1.78. The third-order valence-electron chi connectivity index (χ3n) is 2.46. The molecule has 1 heterocycles. The van der Waals surface area contributed by atoms with Crippen molar-refractivity contribution in [3.8, 4) is 0 Å². The molecule has 1 unspecified atom stereocenters. The first kappa shape index (κ1) is 8.79. The van der Waals surface area contributed by atoms with Gasteiger partial charge in [-0.15, -0.1) is 0 Å². The van der Waals surface area contributed by atoms with E-state index in [-0.39, 0.29) is 1.43 Å². The van der Waals surface area contributed by atoms with Gasteiger partial charge in [-0.05, 0) is 31.7 Å². The van der Waals surface area contributed by atoms with Crippen LogP contribution >= 0.6 is 0 Å². The molecule has 66 valence electrons. The first-order valence-corrected chi connectivity index (χ1v) is 4.78. The second kappa shape index (κ2) is 4.55. The van der Waals surface area contributed by atoms with Gasteiger partial charge in [0.05, 0.1) is 0 Å². The molecule has 0 aliphatic carbocycles. The molecular weight excluding hydrogens is 134 g/mol. The van der Waals surface area contributed by atoms with E-state index in [4.69, 9.17) is 0 Å². The van der Waals surface area contributed by atoms with Gasteiger partial charge in [-0.2, -0.15) is 0 Å². The predicted molar refractivity (Wildman–Crippen MR) is 51.8 cm³/mol. The smallest absolute Gasteiger partial charge is 0.00169 e. The summed E-state index contributed by atoms with van der Waals surface area (Å²) in [6.07, 6.45) is 6.17. The zero-order chi connectivity index (χ0) is 8.10. The first-order chi connectivity index (χ1) is 5.38. The van der Waals surface area contributed by atoms with Gasteiger partial charge in [-0.1, -0.05) is 25.5 Å². The lowest BCUT2D eigenvalue weighted by Gasteiger charge is -2.25. The van der Waals surface area contributed by atoms with Crippen molar-refractivity contribution < 1.29 is 1.43 Å². The fraction of sp³-hybridized carbons (Fsp3) is 0.800. The highest BCUT2D eigenvalue weighted by Gasteiger charge is 2.15. The van der Waals surface area contributed by atoms with Crippen LogP contribution in [0.25, 0.3) is 0 Å². The summed E-state index contributed by atoms with van der Waals surface area (Å²) in [6.45, 7) is 6.88. The van der Waals surface area contributed by atoms with Crippen LogP contribution in [0.1, 0.15) is 34.5 Å². The highest BCUT2D eigenvalue weighted by atomic mass is 14.9. The van der Waals surface area contributed by atoms with Crippen LogP contribution in [-0.4, -0.2) is 13.1 Å². The topological polar surface area (TPSA) is 12.0 Å². The van der Waals surface area contributed by atoms with Crippen LogP contribution in [0.2, 0.25) is 0 Å². The van der Waals surface area contributed by atoms with E-state index < -0.39 is 0 Å². The average molecular weight is 155 g/mol. The van der Waals surface area contributed by atoms with Gasteiger partial charge in [0.1, 0.15) is 0 Å². The molecule has 0 radical (unpaired) electrons. The molecule has 1 N–H and O–H groups in total. The molecule has 0 aromatic rings. The van der Waals surface area contributed by atoms with E-state index in [1.54, 1.807) is 5.57 Å². The Labute approximate surface area is 71.4 Å². The fourth-order valence-electron chi connectivity index (χ4n) is 1.78. The number of rotatable bonds is 2. The zero-order valence-corrected chi connectivity index (χ0v) is 7.69. The summed E-state index contributed by atoms with van der Waals surface area (Å²) in [5, 5.41) is 3.43. The van der Waals surface area contributed by atoms with Crippen molar-refractivity contribution in [1.82, 2.24) is 5.32 Å².